The fraction of sp³-hybridized carbons (Fsp3) is 0.667. The van der Waals surface area contributed by atoms with Crippen LogP contribution in [0.2, 0.25) is 0 Å². The summed E-state index contributed by atoms with van der Waals surface area (Å²) in [5.74, 6) is -3.58. The van der Waals surface area contributed by atoms with Crippen molar-refractivity contribution < 1.29 is 67.2 Å². The second-order valence-corrected chi connectivity index (χ2v) is 11.5. The van der Waals surface area contributed by atoms with Crippen LogP contribution in [-0.4, -0.2) is 113 Å². The number of aliphatic hydroxyl groups excluding tert-OH is 1. The average Bonchev–Trinajstić information content (AvgIpc) is 3.48. The van der Waals surface area contributed by atoms with Gasteiger partial charge in [0.2, 0.25) is 0 Å². The fourth-order valence-corrected chi connectivity index (χ4v) is 5.60. The molecule has 22 nitrogen and oxygen atoms in total. The van der Waals surface area contributed by atoms with Gasteiger partial charge in [0.15, 0.2) is 30.6 Å². The van der Waals surface area contributed by atoms with Gasteiger partial charge < -0.3 is 48.3 Å². The zero-order valence-electron chi connectivity index (χ0n) is 26.7. The molecule has 0 bridgehead atoms. The zero-order chi connectivity index (χ0) is 36.2. The first kappa shape index (κ1) is 37.1. The van der Waals surface area contributed by atoms with Crippen LogP contribution < -0.4 is 5.32 Å². The molecule has 0 aliphatic carbocycles. The van der Waals surface area contributed by atoms with Gasteiger partial charge in [-0.25, -0.2) is 0 Å². The summed E-state index contributed by atoms with van der Waals surface area (Å²) < 4.78 is 45.2. The number of azide groups is 1. The Hall–Kier alpha value is -4.70. The highest BCUT2D eigenvalue weighted by Crippen LogP contribution is 2.40. The number of nitrogens with zero attached hydrogens (tertiary/aromatic N) is 5. The molecule has 3 aliphatic heterocycles. The first-order valence-electron chi connectivity index (χ1n) is 14.7. The van der Waals surface area contributed by atoms with Crippen LogP contribution in [0.4, 0.5) is 17.1 Å². The van der Waals surface area contributed by atoms with Gasteiger partial charge in [-0.1, -0.05) is 5.11 Å². The van der Waals surface area contributed by atoms with Crippen molar-refractivity contribution in [3.8, 4) is 0 Å². The van der Waals surface area contributed by atoms with Crippen LogP contribution in [0.25, 0.3) is 10.4 Å². The number of esters is 3. The highest BCUT2D eigenvalue weighted by atomic mass is 16.8. The number of nitrogens with one attached hydrogen (secondary N) is 1. The largest absolute Gasteiger partial charge is 0.463 e. The fourth-order valence-electron chi connectivity index (χ4n) is 5.60. The maximum absolute atomic E-state index is 12.3. The summed E-state index contributed by atoms with van der Waals surface area (Å²) in [6.45, 7) is 5.23. The Kier molecular flexibility index (Phi) is 11.5. The van der Waals surface area contributed by atoms with E-state index in [1.54, 1.807) is 13.8 Å². The van der Waals surface area contributed by atoms with Gasteiger partial charge >= 0.3 is 17.9 Å². The third kappa shape index (κ3) is 8.86. The number of fused-ring (bicyclic) bond motifs is 1. The van der Waals surface area contributed by atoms with Crippen molar-refractivity contribution in [2.24, 2.45) is 5.11 Å². The number of non-ortho nitro benzene ring substituents is 1. The van der Waals surface area contributed by atoms with Crippen molar-refractivity contribution in [2.45, 2.75) is 102 Å². The lowest BCUT2D eigenvalue weighted by Gasteiger charge is -2.45. The molecule has 0 saturated carbocycles. The minimum atomic E-state index is -1.63. The van der Waals surface area contributed by atoms with Crippen LogP contribution in [0.3, 0.4) is 0 Å². The molecule has 0 radical (unpaired) electrons. The van der Waals surface area contributed by atoms with E-state index in [1.807, 2.05) is 0 Å². The standard InChI is InChI=1S/C27H34N6O16/c1-11(34)42-10-18-22(44-12(2)35)23(45-13(3)36)20(29-15-7-6-14(32(38)39)8-16(15)33(40)41)25(46-18)43-9-17(37)21-19(30-31-28)24-26(47-21)49-27(4,5)48-24/h6-8,17-26,29,37H,9-10H2,1-5H3/t17-,18+,19-,20+,21+,22+,23+,24+,25+,26+/m0/s1. The summed E-state index contributed by atoms with van der Waals surface area (Å²) in [7, 11) is 0. The first-order chi connectivity index (χ1) is 23.0. The van der Waals surface area contributed by atoms with Gasteiger partial charge in [0, 0.05) is 31.7 Å². The highest BCUT2D eigenvalue weighted by Gasteiger charge is 2.57. The number of hydrogen-bond donors (Lipinski definition) is 2. The molecule has 0 aromatic heterocycles. The van der Waals surface area contributed by atoms with E-state index in [0.717, 1.165) is 32.9 Å². The summed E-state index contributed by atoms with van der Waals surface area (Å²) in [6, 6.07) is 0.129. The molecule has 268 valence electrons. The Morgan fingerprint density at radius 1 is 1.06 bits per heavy atom. The normalized spacial score (nSPS) is 30.6. The number of rotatable bonds is 13. The lowest BCUT2D eigenvalue weighted by Crippen LogP contribution is -2.64. The maximum Gasteiger partial charge on any atom is 0.303 e. The van der Waals surface area contributed by atoms with E-state index in [1.165, 1.54) is 0 Å². The number of hydrogen-bond acceptors (Lipinski definition) is 18. The Labute approximate surface area is 276 Å². The number of aliphatic hydroxyl groups is 1. The molecule has 0 amide bonds. The van der Waals surface area contributed by atoms with Crippen molar-refractivity contribution >= 4 is 35.0 Å². The Balaban J connectivity index is 1.70. The molecule has 3 aliphatic rings. The molecule has 10 atom stereocenters. The number of nitro benzene ring substituents is 2. The van der Waals surface area contributed by atoms with Gasteiger partial charge in [-0.3, -0.25) is 34.6 Å². The molecule has 49 heavy (non-hydrogen) atoms. The quantitative estimate of drug-likeness (QED) is 0.0559. The van der Waals surface area contributed by atoms with Gasteiger partial charge in [0.05, 0.1) is 28.6 Å². The Morgan fingerprint density at radius 3 is 2.33 bits per heavy atom. The summed E-state index contributed by atoms with van der Waals surface area (Å²) in [6.07, 6.45) is -10.7. The SMILES string of the molecule is CC(=O)OC[C@H]1O[C@@H](OC[C@H](O)[C@H]2O[C@@H]3OC(C)(C)O[C@@H]3[C@H]2N=[N+]=[N-])[C@H](Nc2ccc([N+](=O)[O-])cc2[N+](=O)[O-])[C@@H](OC(C)=O)[C@@H]1OC(C)=O. The molecular weight excluding hydrogens is 664 g/mol. The third-order valence-corrected chi connectivity index (χ3v) is 7.46. The number of benzene rings is 1. The van der Waals surface area contributed by atoms with E-state index in [9.17, 15) is 39.7 Å². The van der Waals surface area contributed by atoms with E-state index >= 15 is 0 Å². The topological polar surface area (TPSA) is 292 Å². The zero-order valence-corrected chi connectivity index (χ0v) is 26.7. The number of carbonyl (C=O) groups excluding carboxylic acids is 3. The molecule has 4 rings (SSSR count). The van der Waals surface area contributed by atoms with Gasteiger partial charge in [-0.15, -0.1) is 0 Å². The number of anilines is 1. The van der Waals surface area contributed by atoms with E-state index in [0.29, 0.717) is 6.07 Å². The summed E-state index contributed by atoms with van der Waals surface area (Å²) in [5.41, 5.74) is 7.49. The number of ether oxygens (including phenoxy) is 8. The summed E-state index contributed by atoms with van der Waals surface area (Å²) >= 11 is 0. The van der Waals surface area contributed by atoms with E-state index in [-0.39, 0.29) is 5.69 Å². The monoisotopic (exact) mass is 698 g/mol. The summed E-state index contributed by atoms with van der Waals surface area (Å²) in [4.78, 5) is 60.5. The molecule has 0 unspecified atom stereocenters. The second-order valence-electron chi connectivity index (χ2n) is 11.5. The van der Waals surface area contributed by atoms with Crippen molar-refractivity contribution in [2.75, 3.05) is 18.5 Å². The molecule has 3 saturated heterocycles. The van der Waals surface area contributed by atoms with Crippen molar-refractivity contribution in [1.82, 2.24) is 0 Å². The first-order valence-corrected chi connectivity index (χ1v) is 14.7. The lowest BCUT2D eigenvalue weighted by atomic mass is 9.95. The predicted molar refractivity (Wildman–Crippen MR) is 157 cm³/mol. The van der Waals surface area contributed by atoms with Crippen LogP contribution in [-0.2, 0) is 52.3 Å². The third-order valence-electron chi connectivity index (χ3n) is 7.46. The van der Waals surface area contributed by atoms with Crippen LogP contribution in [0.5, 0.6) is 0 Å². The number of carbonyl (C=O) groups is 3. The van der Waals surface area contributed by atoms with E-state index < -0.39 is 119 Å². The molecule has 2 N–H and O–H groups in total. The smallest absolute Gasteiger partial charge is 0.303 e. The van der Waals surface area contributed by atoms with Crippen molar-refractivity contribution in [3.05, 3.63) is 48.9 Å². The van der Waals surface area contributed by atoms with Crippen LogP contribution in [0.15, 0.2) is 23.3 Å². The minimum absolute atomic E-state index is 0.317. The second kappa shape index (κ2) is 15.2. The van der Waals surface area contributed by atoms with Crippen LogP contribution >= 0.6 is 0 Å². The Morgan fingerprint density at radius 2 is 1.73 bits per heavy atom. The molecule has 3 heterocycles. The van der Waals surface area contributed by atoms with Gasteiger partial charge in [0.1, 0.15) is 42.8 Å². The lowest BCUT2D eigenvalue weighted by molar-refractivity contribution is -0.393. The Bertz CT molecular complexity index is 1500. The van der Waals surface area contributed by atoms with Gasteiger partial charge in [-0.2, -0.15) is 0 Å². The van der Waals surface area contributed by atoms with Crippen LogP contribution in [0, 0.1) is 20.2 Å². The molecule has 3 fully saturated rings. The van der Waals surface area contributed by atoms with Crippen molar-refractivity contribution in [1.29, 1.82) is 0 Å². The van der Waals surface area contributed by atoms with Crippen LogP contribution in [0.1, 0.15) is 34.6 Å². The number of nitro groups is 2. The predicted octanol–water partition coefficient (Wildman–Crippen LogP) is 1.37. The average molecular weight is 699 g/mol. The molecule has 1 aromatic rings. The molecule has 0 spiro atoms. The summed E-state index contributed by atoms with van der Waals surface area (Å²) in [5, 5.41) is 40.9. The molecule has 1 aromatic carbocycles. The van der Waals surface area contributed by atoms with Crippen molar-refractivity contribution in [3.63, 3.8) is 0 Å². The molecular formula is C27H34N6O16. The molecule has 22 heteroatoms. The van der Waals surface area contributed by atoms with E-state index in [4.69, 9.17) is 43.4 Å². The van der Waals surface area contributed by atoms with E-state index in [2.05, 4.69) is 15.3 Å². The highest BCUT2D eigenvalue weighted by molar-refractivity contribution is 5.69. The maximum atomic E-state index is 12.3. The minimum Gasteiger partial charge on any atom is -0.463 e. The van der Waals surface area contributed by atoms with Gasteiger partial charge in [0.25, 0.3) is 11.4 Å². The van der Waals surface area contributed by atoms with Gasteiger partial charge in [-0.05, 0) is 25.4 Å².